The van der Waals surface area contributed by atoms with Crippen LogP contribution < -0.4 is 10.0 Å². The molecule has 1 aromatic carbocycles. The van der Waals surface area contributed by atoms with Gasteiger partial charge in [0.25, 0.3) is 0 Å². The summed E-state index contributed by atoms with van der Waals surface area (Å²) in [5, 5.41) is 3.09. The van der Waals surface area contributed by atoms with E-state index in [0.717, 1.165) is 18.5 Å². The van der Waals surface area contributed by atoms with Gasteiger partial charge >= 0.3 is 0 Å². The van der Waals surface area contributed by atoms with Crippen LogP contribution in [0.4, 0.5) is 4.39 Å². The van der Waals surface area contributed by atoms with Gasteiger partial charge in [-0.05, 0) is 36.6 Å². The molecule has 1 saturated heterocycles. The molecule has 0 amide bonds. The molecule has 1 heterocycles. The Morgan fingerprint density at radius 3 is 2.90 bits per heavy atom. The number of hydrogen-bond donors (Lipinski definition) is 2. The van der Waals surface area contributed by atoms with Gasteiger partial charge in [0, 0.05) is 19.7 Å². The van der Waals surface area contributed by atoms with Crippen LogP contribution in [-0.2, 0) is 21.3 Å². The molecule has 0 bridgehead atoms. The van der Waals surface area contributed by atoms with Crippen LogP contribution in [0.2, 0.25) is 0 Å². The third-order valence-corrected chi connectivity index (χ3v) is 4.89. The SMILES string of the molecule is CCNCc1ccc(F)c(S(=O)(=O)NCC2CCOC2)c1. The molecule has 1 aliphatic heterocycles. The first-order valence-electron chi connectivity index (χ1n) is 7.09. The highest BCUT2D eigenvalue weighted by Gasteiger charge is 2.23. The lowest BCUT2D eigenvalue weighted by molar-refractivity contribution is 0.186. The summed E-state index contributed by atoms with van der Waals surface area (Å²) in [6.45, 7) is 4.70. The number of hydrogen-bond acceptors (Lipinski definition) is 4. The van der Waals surface area contributed by atoms with Crippen molar-refractivity contribution in [3.8, 4) is 0 Å². The Labute approximate surface area is 124 Å². The van der Waals surface area contributed by atoms with Crippen molar-refractivity contribution in [3.63, 3.8) is 0 Å². The Balaban J connectivity index is 2.09. The van der Waals surface area contributed by atoms with E-state index in [9.17, 15) is 12.8 Å². The highest BCUT2D eigenvalue weighted by atomic mass is 32.2. The minimum absolute atomic E-state index is 0.160. The Hall–Kier alpha value is -1.02. The Kier molecular flexibility index (Phi) is 5.69. The van der Waals surface area contributed by atoms with E-state index in [1.807, 2.05) is 6.92 Å². The largest absolute Gasteiger partial charge is 0.381 e. The number of halogens is 1. The summed E-state index contributed by atoms with van der Waals surface area (Å²) in [7, 11) is -3.83. The van der Waals surface area contributed by atoms with Crippen molar-refractivity contribution in [1.82, 2.24) is 10.0 Å². The number of nitrogens with one attached hydrogen (secondary N) is 2. The molecular weight excluding hydrogens is 295 g/mol. The average Bonchev–Trinajstić information content (AvgIpc) is 2.97. The van der Waals surface area contributed by atoms with Crippen LogP contribution in [-0.4, -0.2) is 34.7 Å². The fourth-order valence-corrected chi connectivity index (χ4v) is 3.42. The summed E-state index contributed by atoms with van der Waals surface area (Å²) < 4.78 is 45.9. The van der Waals surface area contributed by atoms with E-state index in [2.05, 4.69) is 10.0 Å². The molecule has 7 heteroatoms. The predicted molar refractivity (Wildman–Crippen MR) is 77.9 cm³/mol. The lowest BCUT2D eigenvalue weighted by Crippen LogP contribution is -2.30. The fourth-order valence-electron chi connectivity index (χ4n) is 2.18. The van der Waals surface area contributed by atoms with E-state index in [0.29, 0.717) is 19.8 Å². The standard InChI is InChI=1S/C14H21FN2O3S/c1-2-16-8-11-3-4-13(15)14(7-11)21(18,19)17-9-12-5-6-20-10-12/h3-4,7,12,16-17H,2,5-6,8-10H2,1H3. The molecule has 1 aliphatic rings. The van der Waals surface area contributed by atoms with Crippen LogP contribution >= 0.6 is 0 Å². The first-order chi connectivity index (χ1) is 10.0. The van der Waals surface area contributed by atoms with Crippen LogP contribution in [0.5, 0.6) is 0 Å². The van der Waals surface area contributed by atoms with Crippen LogP contribution in [0.1, 0.15) is 18.9 Å². The van der Waals surface area contributed by atoms with Crippen LogP contribution in [0.25, 0.3) is 0 Å². The molecule has 0 aromatic heterocycles. The Morgan fingerprint density at radius 2 is 2.24 bits per heavy atom. The second kappa shape index (κ2) is 7.31. The Morgan fingerprint density at radius 1 is 1.43 bits per heavy atom. The van der Waals surface area contributed by atoms with Gasteiger partial charge in [-0.2, -0.15) is 0 Å². The summed E-state index contributed by atoms with van der Waals surface area (Å²) >= 11 is 0. The van der Waals surface area contributed by atoms with Gasteiger partial charge < -0.3 is 10.1 Å². The van der Waals surface area contributed by atoms with Crippen molar-refractivity contribution < 1.29 is 17.5 Å². The summed E-state index contributed by atoms with van der Waals surface area (Å²) in [6, 6.07) is 4.16. The zero-order valence-electron chi connectivity index (χ0n) is 12.1. The molecule has 2 N–H and O–H groups in total. The molecule has 1 atom stereocenters. The lowest BCUT2D eigenvalue weighted by atomic mass is 10.1. The molecule has 1 unspecified atom stereocenters. The summed E-state index contributed by atoms with van der Waals surface area (Å²) in [6.07, 6.45) is 0.825. The van der Waals surface area contributed by atoms with Gasteiger partial charge in [0.05, 0.1) is 6.61 Å². The van der Waals surface area contributed by atoms with Crippen LogP contribution in [0.15, 0.2) is 23.1 Å². The summed E-state index contributed by atoms with van der Waals surface area (Å²) in [5.74, 6) is -0.571. The van der Waals surface area contributed by atoms with E-state index in [1.165, 1.54) is 12.1 Å². The van der Waals surface area contributed by atoms with Gasteiger partial charge in [-0.15, -0.1) is 0 Å². The topological polar surface area (TPSA) is 67.4 Å². The molecule has 5 nitrogen and oxygen atoms in total. The zero-order valence-corrected chi connectivity index (χ0v) is 12.9. The van der Waals surface area contributed by atoms with E-state index in [4.69, 9.17) is 4.74 Å². The van der Waals surface area contributed by atoms with Crippen LogP contribution in [0.3, 0.4) is 0 Å². The van der Waals surface area contributed by atoms with Gasteiger partial charge in [-0.3, -0.25) is 0 Å². The quantitative estimate of drug-likeness (QED) is 0.794. The van der Waals surface area contributed by atoms with Crippen molar-refractivity contribution in [3.05, 3.63) is 29.6 Å². The monoisotopic (exact) mass is 316 g/mol. The second-order valence-corrected chi connectivity index (χ2v) is 6.86. The molecule has 1 fully saturated rings. The van der Waals surface area contributed by atoms with E-state index in [-0.39, 0.29) is 17.4 Å². The highest BCUT2D eigenvalue weighted by Crippen LogP contribution is 2.18. The van der Waals surface area contributed by atoms with Crippen molar-refractivity contribution in [1.29, 1.82) is 0 Å². The molecule has 0 saturated carbocycles. The number of ether oxygens (including phenoxy) is 1. The summed E-state index contributed by atoms with van der Waals surface area (Å²) in [4.78, 5) is -0.295. The van der Waals surface area contributed by atoms with Crippen molar-refractivity contribution in [2.75, 3.05) is 26.3 Å². The van der Waals surface area contributed by atoms with E-state index < -0.39 is 15.8 Å². The number of rotatable bonds is 7. The smallest absolute Gasteiger partial charge is 0.243 e. The van der Waals surface area contributed by atoms with Gasteiger partial charge in [-0.25, -0.2) is 17.5 Å². The van der Waals surface area contributed by atoms with Gasteiger partial charge in [0.2, 0.25) is 10.0 Å². The molecule has 1 aromatic rings. The van der Waals surface area contributed by atoms with Crippen LogP contribution in [0, 0.1) is 11.7 Å². The maximum Gasteiger partial charge on any atom is 0.243 e. The molecule has 118 valence electrons. The van der Waals surface area contributed by atoms with E-state index >= 15 is 0 Å². The third-order valence-electron chi connectivity index (χ3n) is 3.45. The number of benzene rings is 1. The number of sulfonamides is 1. The fraction of sp³-hybridized carbons (Fsp3) is 0.571. The molecule has 0 aliphatic carbocycles. The minimum atomic E-state index is -3.83. The van der Waals surface area contributed by atoms with E-state index in [1.54, 1.807) is 6.07 Å². The highest BCUT2D eigenvalue weighted by molar-refractivity contribution is 7.89. The van der Waals surface area contributed by atoms with Crippen molar-refractivity contribution in [2.45, 2.75) is 24.8 Å². The van der Waals surface area contributed by atoms with Gasteiger partial charge in [-0.1, -0.05) is 13.0 Å². The van der Waals surface area contributed by atoms with Gasteiger partial charge in [0.15, 0.2) is 0 Å². The summed E-state index contributed by atoms with van der Waals surface area (Å²) in [5.41, 5.74) is 0.739. The first kappa shape index (κ1) is 16.4. The van der Waals surface area contributed by atoms with Crippen molar-refractivity contribution >= 4 is 10.0 Å². The maximum atomic E-state index is 13.8. The van der Waals surface area contributed by atoms with Crippen molar-refractivity contribution in [2.24, 2.45) is 5.92 Å². The first-order valence-corrected chi connectivity index (χ1v) is 8.58. The molecule has 0 spiro atoms. The molecule has 0 radical (unpaired) electrons. The third kappa shape index (κ3) is 4.47. The second-order valence-electron chi connectivity index (χ2n) is 5.13. The minimum Gasteiger partial charge on any atom is -0.381 e. The molecule has 2 rings (SSSR count). The average molecular weight is 316 g/mol. The lowest BCUT2D eigenvalue weighted by Gasteiger charge is -2.12. The zero-order chi connectivity index (χ0) is 15.3. The Bertz CT molecular complexity index is 572. The molecule has 21 heavy (non-hydrogen) atoms. The maximum absolute atomic E-state index is 13.8. The van der Waals surface area contributed by atoms with Gasteiger partial charge in [0.1, 0.15) is 10.7 Å². The molecular formula is C14H21FN2O3S. The predicted octanol–water partition coefficient (Wildman–Crippen LogP) is 1.25. The normalized spacial score (nSPS) is 19.0.